The summed E-state index contributed by atoms with van der Waals surface area (Å²) in [6, 6.07) is 32.1. The van der Waals surface area contributed by atoms with E-state index in [1.54, 1.807) is 48.5 Å². The average Bonchev–Trinajstić information content (AvgIpc) is 0.773. The van der Waals surface area contributed by atoms with Crippen LogP contribution in [-0.2, 0) is 64.7 Å². The summed E-state index contributed by atoms with van der Waals surface area (Å²) in [7, 11) is 0. The third kappa shape index (κ3) is 11.3. The number of nitrogens with zero attached hydrogens (tertiary/aromatic N) is 3. The van der Waals surface area contributed by atoms with Gasteiger partial charge >= 0.3 is 20.1 Å². The summed E-state index contributed by atoms with van der Waals surface area (Å²) in [5.74, 6) is -4.32. The third-order valence-corrected chi connectivity index (χ3v) is 10.7. The molecule has 0 spiro atoms. The van der Waals surface area contributed by atoms with E-state index in [2.05, 4.69) is 33.2 Å². The third-order valence-electron chi connectivity index (χ3n) is 10.7. The quantitative estimate of drug-likeness (QED) is 0.0960. The van der Waals surface area contributed by atoms with Gasteiger partial charge in [0.2, 0.25) is 0 Å². The van der Waals surface area contributed by atoms with E-state index in [1.165, 1.54) is 78.8 Å². The Morgan fingerprint density at radius 3 is 1.66 bits per heavy atom. The average molecular weight is 1090 g/mol. The fourth-order valence-corrected chi connectivity index (χ4v) is 7.58. The molecule has 9 rings (SSSR count). The zero-order chi connectivity index (χ0) is 62.8. The van der Waals surface area contributed by atoms with Crippen LogP contribution in [0.2, 0.25) is 0 Å². The van der Waals surface area contributed by atoms with Crippen LogP contribution in [0.4, 0.5) is 4.39 Å². The van der Waals surface area contributed by atoms with Crippen LogP contribution in [0.15, 0.2) is 138 Å². The van der Waals surface area contributed by atoms with E-state index in [1.807, 2.05) is 0 Å². The zero-order valence-electron chi connectivity index (χ0n) is 56.5. The standard InChI is InChI=1S/C62H59FN3O.Ir/c1-40(2)54-34-57(45-15-10-8-11-16-45)64-38-48(54)25-22-43-29-42(30-44(31-43)23-26-49-39-65-58(35-55(49)41(3)4)46-17-12-9-13-18-46)21-24-47-37-66-59(32-50(47)36-62(5,6)7)53-20-14-19-52-56-33-51(63)27-28-60(56)67-61(52)53;/h8-15,17,19,27-35,37-41H,21-26,36H2,1-7H3;/q-3;+3/i21D2,22D2,23D2,24D2,25D2,26D2,27D,33D,36D2,40D,41D;. The molecule has 0 fully saturated rings. The van der Waals surface area contributed by atoms with Crippen LogP contribution in [0.25, 0.3) is 55.7 Å². The Bertz CT molecular complexity index is 3920. The number of benzene rings is 5. The van der Waals surface area contributed by atoms with Crippen LogP contribution < -0.4 is 0 Å². The van der Waals surface area contributed by atoms with Gasteiger partial charge in [-0.3, -0.25) is 0 Å². The number of furan rings is 1. The number of aromatic nitrogens is 3. The van der Waals surface area contributed by atoms with Crippen LogP contribution in [-0.4, -0.2) is 15.0 Å². The number of aryl methyl sites for hydroxylation is 6. The van der Waals surface area contributed by atoms with E-state index in [9.17, 15) is 23.6 Å². The first-order valence-corrected chi connectivity index (χ1v) is 21.8. The maximum absolute atomic E-state index is 15.0. The molecule has 9 aromatic rings. The number of halogens is 1. The molecule has 0 saturated carbocycles. The summed E-state index contributed by atoms with van der Waals surface area (Å²) in [4.78, 5) is 13.5. The summed E-state index contributed by atoms with van der Waals surface area (Å²) in [6.07, 6.45) is -19.6. The van der Waals surface area contributed by atoms with Crippen molar-refractivity contribution in [3.8, 4) is 33.8 Å². The smallest absolute Gasteiger partial charge is 0.501 e. The normalized spacial score (nSPS) is 17.5. The molecule has 4 aromatic heterocycles. The Labute approximate surface area is 441 Å². The van der Waals surface area contributed by atoms with Crippen molar-refractivity contribution in [1.82, 2.24) is 15.0 Å². The predicted octanol–water partition coefficient (Wildman–Crippen LogP) is 15.5. The maximum Gasteiger partial charge on any atom is 3.00 e. The fraction of sp³-hybridized carbons (Fsp3) is 0.274. The number of hydrogen-bond donors (Lipinski definition) is 0. The molecule has 0 aliphatic carbocycles. The van der Waals surface area contributed by atoms with Gasteiger partial charge < -0.3 is 19.4 Å². The molecule has 6 heteroatoms. The summed E-state index contributed by atoms with van der Waals surface area (Å²) >= 11 is 0. The second-order valence-corrected chi connectivity index (χ2v) is 17.5. The molecule has 0 atom stereocenters. The van der Waals surface area contributed by atoms with E-state index in [0.717, 1.165) is 42.9 Å². The van der Waals surface area contributed by atoms with Crippen molar-refractivity contribution in [2.45, 2.75) is 105 Å². The van der Waals surface area contributed by atoms with Gasteiger partial charge in [0.1, 0.15) is 11.4 Å². The van der Waals surface area contributed by atoms with Gasteiger partial charge in [0.25, 0.3) is 0 Å². The van der Waals surface area contributed by atoms with E-state index >= 15 is 0 Å². The van der Waals surface area contributed by atoms with Crippen molar-refractivity contribution in [3.05, 3.63) is 208 Å². The van der Waals surface area contributed by atoms with E-state index in [0.29, 0.717) is 11.1 Å². The Morgan fingerprint density at radius 1 is 0.618 bits per heavy atom. The first kappa shape index (κ1) is 30.4. The van der Waals surface area contributed by atoms with Crippen LogP contribution in [0.1, 0.15) is 135 Å². The molecule has 0 bridgehead atoms. The monoisotopic (exact) mass is 1090 g/mol. The van der Waals surface area contributed by atoms with Crippen LogP contribution in [0.5, 0.6) is 0 Å². The Kier molecular flexibility index (Phi) is 9.42. The molecule has 4 heterocycles. The molecule has 5 aromatic carbocycles. The Balaban J connectivity index is 0.00000961. The molecular weight excluding hydrogens is 1010 g/mol. The number of hydrogen-bond acceptors (Lipinski definition) is 4. The molecule has 0 saturated heterocycles. The van der Waals surface area contributed by atoms with Gasteiger partial charge in [-0.25, -0.2) is 4.39 Å². The number of rotatable bonds is 15. The van der Waals surface area contributed by atoms with E-state index in [4.69, 9.17) is 9.90 Å². The van der Waals surface area contributed by atoms with Crippen molar-refractivity contribution < 1.29 is 53.6 Å². The molecule has 0 N–H and O–H groups in total. The molecule has 344 valence electrons. The molecule has 0 unspecified atom stereocenters. The van der Waals surface area contributed by atoms with Gasteiger partial charge in [-0.2, -0.15) is 0 Å². The summed E-state index contributed by atoms with van der Waals surface area (Å²) in [6.45, 7) is 10.5. The van der Waals surface area contributed by atoms with Crippen LogP contribution >= 0.6 is 0 Å². The van der Waals surface area contributed by atoms with Crippen molar-refractivity contribution in [3.63, 3.8) is 0 Å². The zero-order valence-corrected chi connectivity index (χ0v) is 40.9. The van der Waals surface area contributed by atoms with Crippen LogP contribution in [0.3, 0.4) is 0 Å². The Hall–Kier alpha value is -6.07. The van der Waals surface area contributed by atoms with Gasteiger partial charge in [-0.05, 0) is 147 Å². The molecule has 0 radical (unpaired) electrons. The SMILES string of the molecule is [2H]c1cc2oc3c(-c4cc(C([2H])([2H])C(C)(C)C)c(C([2H])([2H])C([2H])([2H])c5cc(C([2H])([2H])C([2H])([2H])c6cnc(-c7[c-]cccc7)cc6C([2H])(C)C)cc(C([2H])([2H])C([2H])([2H])c6cnc(-c7[c-]cccc7)cc6C([2H])(C)C)c5)cn4)[c-]ccc3c2c([2H])c1F.[Ir+3]. The number of pyridine rings is 3. The minimum atomic E-state index is -3.50. The summed E-state index contributed by atoms with van der Waals surface area (Å²) in [5, 5.41) is 0.267. The predicted molar refractivity (Wildman–Crippen MR) is 273 cm³/mol. The van der Waals surface area contributed by atoms with Gasteiger partial charge in [-0.15, -0.1) is 90.0 Å². The minimum Gasteiger partial charge on any atom is -0.501 e. The molecule has 0 aliphatic heterocycles. The summed E-state index contributed by atoms with van der Waals surface area (Å²) in [5.41, 5.74) is -4.12. The first-order valence-electron chi connectivity index (χ1n) is 30.8. The number of fused-ring (bicyclic) bond motifs is 3. The first-order chi connectivity index (χ1) is 39.1. The fourth-order valence-electron chi connectivity index (χ4n) is 7.58. The molecule has 4 nitrogen and oxygen atoms in total. The van der Waals surface area contributed by atoms with Crippen molar-refractivity contribution in [2.24, 2.45) is 5.41 Å². The molecule has 0 amide bonds. The van der Waals surface area contributed by atoms with E-state index < -0.39 is 119 Å². The van der Waals surface area contributed by atoms with Gasteiger partial charge in [0.05, 0.1) is 8.32 Å². The van der Waals surface area contributed by atoms with E-state index in [-0.39, 0.29) is 75.8 Å². The maximum atomic E-state index is 15.0. The largest absolute Gasteiger partial charge is 3.00 e. The summed E-state index contributed by atoms with van der Waals surface area (Å²) < 4.78 is 193. The van der Waals surface area contributed by atoms with Crippen molar-refractivity contribution in [2.75, 3.05) is 0 Å². The topological polar surface area (TPSA) is 51.8 Å². The molecule has 68 heavy (non-hydrogen) atoms. The minimum absolute atomic E-state index is 0. The second-order valence-electron chi connectivity index (χ2n) is 17.5. The van der Waals surface area contributed by atoms with Gasteiger partial charge in [0.15, 0.2) is 0 Å². The van der Waals surface area contributed by atoms with Crippen LogP contribution in [0, 0.1) is 29.4 Å². The molecule has 0 aliphatic rings. The second kappa shape index (κ2) is 21.1. The van der Waals surface area contributed by atoms with Crippen molar-refractivity contribution >= 4 is 21.9 Å². The van der Waals surface area contributed by atoms with Gasteiger partial charge in [-0.1, -0.05) is 95.8 Å². The Morgan fingerprint density at radius 2 is 1.15 bits per heavy atom. The molecular formula is C62H59FIrN3O. The van der Waals surface area contributed by atoms with Gasteiger partial charge in [0, 0.05) is 45.9 Å². The van der Waals surface area contributed by atoms with Crippen molar-refractivity contribution in [1.29, 1.82) is 0 Å².